The van der Waals surface area contributed by atoms with E-state index in [0.717, 1.165) is 17.1 Å². The molecule has 0 unspecified atom stereocenters. The van der Waals surface area contributed by atoms with Gasteiger partial charge in [0.2, 0.25) is 11.8 Å². The van der Waals surface area contributed by atoms with Gasteiger partial charge in [-0.2, -0.15) is 0 Å². The smallest absolute Gasteiger partial charge is 0.229 e. The van der Waals surface area contributed by atoms with Crippen LogP contribution in [0.5, 0.6) is 0 Å². The molecular weight excluding hydrogens is 342 g/mol. The molecule has 0 radical (unpaired) electrons. The third-order valence-electron chi connectivity index (χ3n) is 5.49. The van der Waals surface area contributed by atoms with E-state index in [1.807, 2.05) is 41.3 Å². The van der Waals surface area contributed by atoms with Crippen molar-refractivity contribution < 1.29 is 9.59 Å². The normalized spacial score (nSPS) is 18.2. The molecule has 4 rings (SSSR count). The standard InChI is InChI=1S/C20H23N5O2/c21-19(26)15-6-8-24(9-7-15)20(27)16-11-25(12-16)18-10-17(22-13-23-18)14-4-2-1-3-5-14/h1-5,10,13,15-16H,6-9,11-12H2,(H2,21,26). The molecule has 3 heterocycles. The zero-order valence-electron chi connectivity index (χ0n) is 15.1. The largest absolute Gasteiger partial charge is 0.369 e. The molecular formula is C20H23N5O2. The molecule has 0 atom stereocenters. The highest BCUT2D eigenvalue weighted by Crippen LogP contribution is 2.28. The second-order valence-electron chi connectivity index (χ2n) is 7.23. The van der Waals surface area contributed by atoms with Gasteiger partial charge < -0.3 is 15.5 Å². The Morgan fingerprint density at radius 1 is 1.00 bits per heavy atom. The summed E-state index contributed by atoms with van der Waals surface area (Å²) in [6.45, 7) is 2.57. The monoisotopic (exact) mass is 365 g/mol. The Morgan fingerprint density at radius 3 is 2.37 bits per heavy atom. The van der Waals surface area contributed by atoms with Crippen molar-refractivity contribution in [2.45, 2.75) is 12.8 Å². The molecule has 0 saturated carbocycles. The fourth-order valence-corrected chi connectivity index (χ4v) is 3.75. The van der Waals surface area contributed by atoms with Crippen molar-refractivity contribution in [3.05, 3.63) is 42.7 Å². The minimum absolute atomic E-state index is 0.00901. The molecule has 2 amide bonds. The van der Waals surface area contributed by atoms with Gasteiger partial charge in [0, 0.05) is 43.7 Å². The van der Waals surface area contributed by atoms with Crippen molar-refractivity contribution in [1.29, 1.82) is 0 Å². The molecule has 1 aromatic carbocycles. The van der Waals surface area contributed by atoms with E-state index in [-0.39, 0.29) is 23.7 Å². The predicted octanol–water partition coefficient (Wildman–Crippen LogP) is 1.30. The number of benzene rings is 1. The number of hydrogen-bond donors (Lipinski definition) is 1. The molecule has 1 aromatic heterocycles. The van der Waals surface area contributed by atoms with E-state index in [9.17, 15) is 9.59 Å². The van der Waals surface area contributed by atoms with E-state index in [0.29, 0.717) is 39.0 Å². The predicted molar refractivity (Wildman–Crippen MR) is 102 cm³/mol. The van der Waals surface area contributed by atoms with Gasteiger partial charge in [0.15, 0.2) is 0 Å². The number of anilines is 1. The summed E-state index contributed by atoms with van der Waals surface area (Å²) in [5.74, 6) is 0.663. The van der Waals surface area contributed by atoms with E-state index in [4.69, 9.17) is 5.73 Å². The zero-order valence-corrected chi connectivity index (χ0v) is 15.1. The Labute approximate surface area is 158 Å². The number of hydrogen-bond acceptors (Lipinski definition) is 5. The summed E-state index contributed by atoms with van der Waals surface area (Å²) in [5.41, 5.74) is 7.29. The average molecular weight is 365 g/mol. The fraction of sp³-hybridized carbons (Fsp3) is 0.400. The van der Waals surface area contributed by atoms with Crippen LogP contribution in [0.3, 0.4) is 0 Å². The maximum atomic E-state index is 12.7. The first-order valence-electron chi connectivity index (χ1n) is 9.32. The van der Waals surface area contributed by atoms with Gasteiger partial charge in [0.1, 0.15) is 12.1 Å². The molecule has 2 fully saturated rings. The van der Waals surface area contributed by atoms with Crippen LogP contribution in [0.4, 0.5) is 5.82 Å². The van der Waals surface area contributed by atoms with Gasteiger partial charge in [0.05, 0.1) is 11.6 Å². The number of nitrogens with two attached hydrogens (primary N) is 1. The molecule has 2 saturated heterocycles. The first kappa shape index (κ1) is 17.5. The molecule has 140 valence electrons. The third-order valence-corrected chi connectivity index (χ3v) is 5.49. The topological polar surface area (TPSA) is 92.4 Å². The number of likely N-dealkylation sites (tertiary alicyclic amines) is 1. The van der Waals surface area contributed by atoms with Crippen LogP contribution in [-0.2, 0) is 9.59 Å². The second-order valence-corrected chi connectivity index (χ2v) is 7.23. The highest BCUT2D eigenvalue weighted by atomic mass is 16.2. The van der Waals surface area contributed by atoms with Gasteiger partial charge in [-0.25, -0.2) is 9.97 Å². The molecule has 2 N–H and O–H groups in total. The van der Waals surface area contributed by atoms with Gasteiger partial charge in [-0.05, 0) is 12.8 Å². The van der Waals surface area contributed by atoms with E-state index in [1.165, 1.54) is 0 Å². The molecule has 0 bridgehead atoms. The van der Waals surface area contributed by atoms with Crippen LogP contribution >= 0.6 is 0 Å². The second kappa shape index (κ2) is 7.34. The Hall–Kier alpha value is -2.96. The Morgan fingerprint density at radius 2 is 1.70 bits per heavy atom. The van der Waals surface area contributed by atoms with Crippen molar-refractivity contribution >= 4 is 17.6 Å². The van der Waals surface area contributed by atoms with Crippen LogP contribution in [0.15, 0.2) is 42.7 Å². The lowest BCUT2D eigenvalue weighted by Gasteiger charge is -2.42. The highest BCUT2D eigenvalue weighted by molar-refractivity contribution is 5.83. The lowest BCUT2D eigenvalue weighted by atomic mass is 9.93. The number of piperidine rings is 1. The number of nitrogens with zero attached hydrogens (tertiary/aromatic N) is 4. The molecule has 7 heteroatoms. The van der Waals surface area contributed by atoms with Crippen molar-refractivity contribution in [1.82, 2.24) is 14.9 Å². The summed E-state index contributed by atoms with van der Waals surface area (Å²) in [6, 6.07) is 11.9. The number of carbonyl (C=O) groups is 2. The molecule has 7 nitrogen and oxygen atoms in total. The number of rotatable bonds is 4. The van der Waals surface area contributed by atoms with Crippen molar-refractivity contribution in [2.24, 2.45) is 17.6 Å². The molecule has 2 aliphatic heterocycles. The van der Waals surface area contributed by atoms with E-state index in [2.05, 4.69) is 14.9 Å². The summed E-state index contributed by atoms with van der Waals surface area (Å²) in [6.07, 6.45) is 2.91. The van der Waals surface area contributed by atoms with Gasteiger partial charge in [-0.3, -0.25) is 9.59 Å². The van der Waals surface area contributed by atoms with Crippen LogP contribution in [0.2, 0.25) is 0 Å². The van der Waals surface area contributed by atoms with E-state index >= 15 is 0 Å². The Kier molecular flexibility index (Phi) is 4.75. The highest BCUT2D eigenvalue weighted by Gasteiger charge is 2.37. The van der Waals surface area contributed by atoms with E-state index in [1.54, 1.807) is 6.33 Å². The average Bonchev–Trinajstić information content (AvgIpc) is 2.68. The minimum atomic E-state index is -0.255. The number of primary amides is 1. The van der Waals surface area contributed by atoms with Gasteiger partial charge in [-0.15, -0.1) is 0 Å². The fourth-order valence-electron chi connectivity index (χ4n) is 3.75. The molecule has 0 spiro atoms. The number of carbonyl (C=O) groups excluding carboxylic acids is 2. The number of amides is 2. The maximum Gasteiger partial charge on any atom is 0.229 e. The first-order chi connectivity index (χ1) is 13.1. The summed E-state index contributed by atoms with van der Waals surface area (Å²) in [5, 5.41) is 0. The lowest BCUT2D eigenvalue weighted by Crippen LogP contribution is -2.56. The van der Waals surface area contributed by atoms with Gasteiger partial charge in [0.25, 0.3) is 0 Å². The quantitative estimate of drug-likeness (QED) is 0.882. The number of aromatic nitrogens is 2. The molecule has 2 aliphatic rings. The lowest BCUT2D eigenvalue weighted by molar-refractivity contribution is -0.139. The van der Waals surface area contributed by atoms with Crippen LogP contribution in [0.25, 0.3) is 11.3 Å². The van der Waals surface area contributed by atoms with Gasteiger partial charge in [-0.1, -0.05) is 30.3 Å². The Balaban J connectivity index is 1.35. The van der Waals surface area contributed by atoms with Crippen LogP contribution in [0, 0.1) is 11.8 Å². The summed E-state index contributed by atoms with van der Waals surface area (Å²) in [4.78, 5) is 36.6. The van der Waals surface area contributed by atoms with Crippen LogP contribution < -0.4 is 10.6 Å². The summed E-state index contributed by atoms with van der Waals surface area (Å²) in [7, 11) is 0. The van der Waals surface area contributed by atoms with Crippen molar-refractivity contribution in [2.75, 3.05) is 31.1 Å². The summed E-state index contributed by atoms with van der Waals surface area (Å²) < 4.78 is 0. The summed E-state index contributed by atoms with van der Waals surface area (Å²) >= 11 is 0. The van der Waals surface area contributed by atoms with Crippen LogP contribution in [0.1, 0.15) is 12.8 Å². The van der Waals surface area contributed by atoms with Crippen LogP contribution in [-0.4, -0.2) is 52.9 Å². The SMILES string of the molecule is NC(=O)C1CCN(C(=O)C2CN(c3cc(-c4ccccc4)ncn3)C2)CC1. The van der Waals surface area contributed by atoms with Gasteiger partial charge >= 0.3 is 0 Å². The zero-order chi connectivity index (χ0) is 18.8. The van der Waals surface area contributed by atoms with Crippen molar-refractivity contribution in [3.63, 3.8) is 0 Å². The maximum absolute atomic E-state index is 12.7. The minimum Gasteiger partial charge on any atom is -0.369 e. The first-order valence-corrected chi connectivity index (χ1v) is 9.32. The molecule has 0 aliphatic carbocycles. The van der Waals surface area contributed by atoms with Crippen molar-refractivity contribution in [3.8, 4) is 11.3 Å². The third kappa shape index (κ3) is 3.63. The molecule has 2 aromatic rings. The van der Waals surface area contributed by atoms with E-state index < -0.39 is 0 Å². The Bertz CT molecular complexity index is 827. The molecule has 27 heavy (non-hydrogen) atoms.